The fourth-order valence-electron chi connectivity index (χ4n) is 2.69. The lowest BCUT2D eigenvalue weighted by atomic mass is 10.1. The fourth-order valence-corrected chi connectivity index (χ4v) is 2.69. The van der Waals surface area contributed by atoms with E-state index in [1.807, 2.05) is 0 Å². The first-order valence-corrected chi connectivity index (χ1v) is 7.14. The highest BCUT2D eigenvalue weighted by molar-refractivity contribution is 5.44. The minimum atomic E-state index is 0.313. The van der Waals surface area contributed by atoms with Crippen molar-refractivity contribution in [1.82, 2.24) is 4.90 Å². The van der Waals surface area contributed by atoms with Gasteiger partial charge in [-0.3, -0.25) is 4.90 Å². The van der Waals surface area contributed by atoms with Gasteiger partial charge in [-0.2, -0.15) is 0 Å². The number of hydrogen-bond acceptors (Lipinski definition) is 3. The third-order valence-electron chi connectivity index (χ3n) is 4.16. The maximum atomic E-state index is 9.13. The Hall–Kier alpha value is -1.06. The molecule has 3 heteroatoms. The lowest BCUT2D eigenvalue weighted by molar-refractivity contribution is 0.204. The average molecular weight is 263 g/mol. The Bertz CT molecular complexity index is 431. The van der Waals surface area contributed by atoms with Gasteiger partial charge in [-0.1, -0.05) is 12.1 Å². The zero-order chi connectivity index (χ0) is 13.8. The van der Waals surface area contributed by atoms with Gasteiger partial charge >= 0.3 is 0 Å². The summed E-state index contributed by atoms with van der Waals surface area (Å²) >= 11 is 0. The number of likely N-dealkylation sites (tertiary alicyclic amines) is 1. The molecule has 1 unspecified atom stereocenters. The van der Waals surface area contributed by atoms with E-state index >= 15 is 0 Å². The molecule has 1 aliphatic heterocycles. The number of aliphatic hydroxyl groups is 1. The maximum Gasteiger partial charge on any atom is 0.125 e. The van der Waals surface area contributed by atoms with Gasteiger partial charge in [0.05, 0.1) is 0 Å². The van der Waals surface area contributed by atoms with Gasteiger partial charge in [0.25, 0.3) is 0 Å². The van der Waals surface area contributed by atoms with Gasteiger partial charge in [0.15, 0.2) is 0 Å². The first-order valence-electron chi connectivity index (χ1n) is 7.14. The van der Waals surface area contributed by atoms with Crippen molar-refractivity contribution in [1.29, 1.82) is 0 Å². The van der Waals surface area contributed by atoms with E-state index in [4.69, 9.17) is 9.84 Å². The average Bonchev–Trinajstić information content (AvgIpc) is 2.86. The molecule has 0 spiro atoms. The van der Waals surface area contributed by atoms with E-state index in [1.165, 1.54) is 16.7 Å². The summed E-state index contributed by atoms with van der Waals surface area (Å²) in [6, 6.07) is 4.26. The molecule has 0 bridgehead atoms. The van der Waals surface area contributed by atoms with Gasteiger partial charge in [0, 0.05) is 19.7 Å². The summed E-state index contributed by atoms with van der Waals surface area (Å²) in [6.45, 7) is 10.4. The highest BCUT2D eigenvalue weighted by Crippen LogP contribution is 2.25. The Morgan fingerprint density at radius 2 is 2.00 bits per heavy atom. The molecule has 1 heterocycles. The first-order chi connectivity index (χ1) is 9.11. The Morgan fingerprint density at radius 1 is 1.26 bits per heavy atom. The number of rotatable bonds is 5. The van der Waals surface area contributed by atoms with Gasteiger partial charge in [-0.05, 0) is 56.3 Å². The van der Waals surface area contributed by atoms with Gasteiger partial charge < -0.3 is 9.84 Å². The molecule has 19 heavy (non-hydrogen) atoms. The van der Waals surface area contributed by atoms with Crippen LogP contribution in [0.4, 0.5) is 0 Å². The first kappa shape index (κ1) is 14.4. The number of aryl methyl sites for hydroxylation is 2. The quantitative estimate of drug-likeness (QED) is 0.885. The summed E-state index contributed by atoms with van der Waals surface area (Å²) in [5.74, 6) is 1.50. The minimum Gasteiger partial charge on any atom is -0.492 e. The second-order valence-electron chi connectivity index (χ2n) is 5.64. The SMILES string of the molecule is Cc1ccc(C)c(OCCN2CCC(CO)C2)c1C. The Morgan fingerprint density at radius 3 is 2.68 bits per heavy atom. The molecule has 0 aromatic heterocycles. The third kappa shape index (κ3) is 3.48. The molecule has 1 aliphatic rings. The highest BCUT2D eigenvalue weighted by Gasteiger charge is 2.21. The molecule has 1 aromatic carbocycles. The van der Waals surface area contributed by atoms with Crippen LogP contribution < -0.4 is 4.74 Å². The zero-order valence-corrected chi connectivity index (χ0v) is 12.3. The summed E-state index contributed by atoms with van der Waals surface area (Å²) in [6.07, 6.45) is 1.11. The predicted molar refractivity (Wildman–Crippen MR) is 77.8 cm³/mol. The number of aliphatic hydroxyl groups excluding tert-OH is 1. The number of hydrogen-bond donors (Lipinski definition) is 1. The number of ether oxygens (including phenoxy) is 1. The largest absolute Gasteiger partial charge is 0.492 e. The zero-order valence-electron chi connectivity index (χ0n) is 12.3. The summed E-state index contributed by atoms with van der Waals surface area (Å²) in [5, 5.41) is 9.13. The van der Waals surface area contributed by atoms with Gasteiger partial charge in [-0.15, -0.1) is 0 Å². The van der Waals surface area contributed by atoms with E-state index < -0.39 is 0 Å². The molecule has 0 saturated carbocycles. The molecule has 1 saturated heterocycles. The van der Waals surface area contributed by atoms with Crippen LogP contribution in [0.1, 0.15) is 23.1 Å². The van der Waals surface area contributed by atoms with Crippen LogP contribution in [0.3, 0.4) is 0 Å². The maximum absolute atomic E-state index is 9.13. The molecule has 1 atom stereocenters. The van der Waals surface area contributed by atoms with Gasteiger partial charge in [-0.25, -0.2) is 0 Å². The summed E-state index contributed by atoms with van der Waals surface area (Å²) in [5.41, 5.74) is 3.73. The topological polar surface area (TPSA) is 32.7 Å². The van der Waals surface area contributed by atoms with Crippen molar-refractivity contribution in [2.45, 2.75) is 27.2 Å². The van der Waals surface area contributed by atoms with E-state index in [-0.39, 0.29) is 0 Å². The third-order valence-corrected chi connectivity index (χ3v) is 4.16. The van der Waals surface area contributed by atoms with Crippen LogP contribution >= 0.6 is 0 Å². The van der Waals surface area contributed by atoms with Crippen molar-refractivity contribution in [2.75, 3.05) is 32.8 Å². The van der Waals surface area contributed by atoms with Crippen LogP contribution in [0.2, 0.25) is 0 Å². The lowest BCUT2D eigenvalue weighted by Crippen LogP contribution is -2.27. The van der Waals surface area contributed by atoms with Crippen LogP contribution in [0.5, 0.6) is 5.75 Å². The number of benzene rings is 1. The molecule has 1 fully saturated rings. The Balaban J connectivity index is 1.85. The van der Waals surface area contributed by atoms with Crippen molar-refractivity contribution in [3.8, 4) is 5.75 Å². The molecular weight excluding hydrogens is 238 g/mol. The summed E-state index contributed by atoms with van der Waals surface area (Å²) < 4.78 is 5.98. The molecule has 0 amide bonds. The predicted octanol–water partition coefficient (Wildman–Crippen LogP) is 2.30. The van der Waals surface area contributed by atoms with Crippen molar-refractivity contribution in [3.05, 3.63) is 28.8 Å². The van der Waals surface area contributed by atoms with Crippen molar-refractivity contribution in [3.63, 3.8) is 0 Å². The van der Waals surface area contributed by atoms with Crippen molar-refractivity contribution in [2.24, 2.45) is 5.92 Å². The van der Waals surface area contributed by atoms with E-state index in [0.29, 0.717) is 12.5 Å². The van der Waals surface area contributed by atoms with E-state index in [9.17, 15) is 0 Å². The summed E-state index contributed by atoms with van der Waals surface area (Å²) in [7, 11) is 0. The van der Waals surface area contributed by atoms with E-state index in [1.54, 1.807) is 0 Å². The van der Waals surface area contributed by atoms with E-state index in [0.717, 1.165) is 38.4 Å². The Labute approximate surface area is 116 Å². The van der Waals surface area contributed by atoms with Crippen LogP contribution in [0.15, 0.2) is 12.1 Å². The molecular formula is C16H25NO2. The van der Waals surface area contributed by atoms with Gasteiger partial charge in [0.2, 0.25) is 0 Å². The van der Waals surface area contributed by atoms with Crippen LogP contribution in [-0.2, 0) is 0 Å². The molecule has 1 N–H and O–H groups in total. The number of nitrogens with zero attached hydrogens (tertiary/aromatic N) is 1. The molecule has 1 aromatic rings. The van der Waals surface area contributed by atoms with Crippen molar-refractivity contribution >= 4 is 0 Å². The normalized spacial score (nSPS) is 19.9. The summed E-state index contributed by atoms with van der Waals surface area (Å²) in [4.78, 5) is 2.38. The fraction of sp³-hybridized carbons (Fsp3) is 0.625. The lowest BCUT2D eigenvalue weighted by Gasteiger charge is -2.18. The Kier molecular flexibility index (Phi) is 4.83. The minimum absolute atomic E-state index is 0.313. The smallest absolute Gasteiger partial charge is 0.125 e. The van der Waals surface area contributed by atoms with Gasteiger partial charge in [0.1, 0.15) is 12.4 Å². The standard InChI is InChI=1S/C16H25NO2/c1-12-4-5-13(2)16(14(12)3)19-9-8-17-7-6-15(10-17)11-18/h4-5,15,18H,6-11H2,1-3H3. The van der Waals surface area contributed by atoms with Crippen LogP contribution in [0, 0.1) is 26.7 Å². The monoisotopic (exact) mass is 263 g/mol. The van der Waals surface area contributed by atoms with E-state index in [2.05, 4.69) is 37.8 Å². The molecule has 0 aliphatic carbocycles. The van der Waals surface area contributed by atoms with Crippen LogP contribution in [0.25, 0.3) is 0 Å². The molecule has 2 rings (SSSR count). The van der Waals surface area contributed by atoms with Crippen LogP contribution in [-0.4, -0.2) is 42.9 Å². The highest BCUT2D eigenvalue weighted by atomic mass is 16.5. The molecule has 0 radical (unpaired) electrons. The molecule has 3 nitrogen and oxygen atoms in total. The molecule has 106 valence electrons. The second kappa shape index (κ2) is 6.40. The second-order valence-corrected chi connectivity index (χ2v) is 5.64. The van der Waals surface area contributed by atoms with Crippen molar-refractivity contribution < 1.29 is 9.84 Å².